The number of aliphatic hydroxyl groups is 1. The molecule has 3 heteroatoms. The molecule has 0 aliphatic rings. The zero-order chi connectivity index (χ0) is 11.4. The molecule has 3 nitrogen and oxygen atoms in total. The van der Waals surface area contributed by atoms with Gasteiger partial charge in [0.1, 0.15) is 6.61 Å². The maximum atomic E-state index is 9.12. The first-order valence-electron chi connectivity index (χ1n) is 5.06. The fourth-order valence-electron chi connectivity index (χ4n) is 0.951. The van der Waals surface area contributed by atoms with Gasteiger partial charge in [-0.3, -0.25) is 0 Å². The smallest absolute Gasteiger partial charge is 0.329 e. The first-order valence-corrected chi connectivity index (χ1v) is 5.06. The second-order valence-electron chi connectivity index (χ2n) is 3.04. The lowest BCUT2D eigenvalue weighted by molar-refractivity contribution is -0.140. The minimum atomic E-state index is -1.19. The number of rotatable bonds is 5. The van der Waals surface area contributed by atoms with E-state index < -0.39 is 12.6 Å². The average Bonchev–Trinajstić information content (AvgIpc) is 2.20. The molecule has 0 amide bonds. The molecule has 0 rings (SSSR count). The van der Waals surface area contributed by atoms with Crippen LogP contribution in [0.3, 0.4) is 0 Å². The predicted molar refractivity (Wildman–Crippen MR) is 58.2 cm³/mol. The van der Waals surface area contributed by atoms with Crippen molar-refractivity contribution in [2.24, 2.45) is 5.92 Å². The van der Waals surface area contributed by atoms with Crippen LogP contribution >= 0.6 is 0 Å². The lowest BCUT2D eigenvalue weighted by Gasteiger charge is -2.06. The summed E-state index contributed by atoms with van der Waals surface area (Å²) in [6.07, 6.45) is 8.31. The predicted octanol–water partition coefficient (Wildman–Crippen LogP) is 2.45. The summed E-state index contributed by atoms with van der Waals surface area (Å²) in [4.78, 5) is 9.12. The van der Waals surface area contributed by atoms with Gasteiger partial charge in [-0.15, -0.1) is 0 Å². The van der Waals surface area contributed by atoms with Crippen LogP contribution < -0.4 is 0 Å². The van der Waals surface area contributed by atoms with Gasteiger partial charge in [0.25, 0.3) is 0 Å². The third-order valence-corrected chi connectivity index (χ3v) is 2.00. The second-order valence-corrected chi connectivity index (χ2v) is 3.04. The summed E-state index contributed by atoms with van der Waals surface area (Å²) in [6.45, 7) is 5.83. The van der Waals surface area contributed by atoms with E-state index in [1.165, 1.54) is 19.3 Å². The fraction of sp³-hybridized carbons (Fsp3) is 0.727. The van der Waals surface area contributed by atoms with Gasteiger partial charge in [0, 0.05) is 0 Å². The lowest BCUT2D eigenvalue weighted by Crippen LogP contribution is -1.98. The van der Waals surface area contributed by atoms with Gasteiger partial charge < -0.3 is 10.2 Å². The van der Waals surface area contributed by atoms with Gasteiger partial charge in [-0.2, -0.15) is 0 Å². The van der Waals surface area contributed by atoms with Gasteiger partial charge in [-0.25, -0.2) is 4.79 Å². The maximum Gasteiger partial charge on any atom is 0.329 e. The molecule has 14 heavy (non-hydrogen) atoms. The van der Waals surface area contributed by atoms with E-state index in [1.807, 2.05) is 0 Å². The highest BCUT2D eigenvalue weighted by Crippen LogP contribution is 2.12. The molecule has 0 spiro atoms. The van der Waals surface area contributed by atoms with E-state index in [0.29, 0.717) is 0 Å². The van der Waals surface area contributed by atoms with E-state index in [1.54, 1.807) is 0 Å². The molecule has 0 fully saturated rings. The number of carbonyl (C=O) groups is 1. The SMILES string of the molecule is CC=CCC(CC)CC.O=C(O)CO. The van der Waals surface area contributed by atoms with Gasteiger partial charge in [0.15, 0.2) is 0 Å². The molecule has 0 aromatic rings. The van der Waals surface area contributed by atoms with Crippen molar-refractivity contribution in [3.05, 3.63) is 12.2 Å². The number of aliphatic hydroxyl groups excluding tert-OH is 1. The Balaban J connectivity index is 0. The van der Waals surface area contributed by atoms with Gasteiger partial charge in [-0.05, 0) is 19.3 Å². The third-order valence-electron chi connectivity index (χ3n) is 2.00. The molecule has 84 valence electrons. The number of allylic oxidation sites excluding steroid dienone is 2. The van der Waals surface area contributed by atoms with Crippen LogP contribution in [0, 0.1) is 5.92 Å². The van der Waals surface area contributed by atoms with Crippen molar-refractivity contribution < 1.29 is 15.0 Å². The highest BCUT2D eigenvalue weighted by atomic mass is 16.4. The Hall–Kier alpha value is -0.830. The fourth-order valence-corrected chi connectivity index (χ4v) is 0.951. The standard InChI is InChI=1S/C9H18.C2H4O3/c1-4-7-8-9(5-2)6-3;3-1-2(4)5/h4,7,9H,5-6,8H2,1-3H3;3H,1H2,(H,4,5). The second kappa shape index (κ2) is 12.2. The molecular formula is C11H22O3. The van der Waals surface area contributed by atoms with Crippen LogP contribution in [0.4, 0.5) is 0 Å². The van der Waals surface area contributed by atoms with E-state index in [0.717, 1.165) is 5.92 Å². The van der Waals surface area contributed by atoms with Crippen molar-refractivity contribution in [3.8, 4) is 0 Å². The van der Waals surface area contributed by atoms with Crippen molar-refractivity contribution in [1.82, 2.24) is 0 Å². The quantitative estimate of drug-likeness (QED) is 0.673. The van der Waals surface area contributed by atoms with Crippen LogP contribution in [0.5, 0.6) is 0 Å². The van der Waals surface area contributed by atoms with Crippen molar-refractivity contribution in [2.45, 2.75) is 40.0 Å². The van der Waals surface area contributed by atoms with Crippen LogP contribution in [-0.2, 0) is 4.79 Å². The molecule has 0 aromatic carbocycles. The zero-order valence-corrected chi connectivity index (χ0v) is 9.36. The summed E-state index contributed by atoms with van der Waals surface area (Å²) in [7, 11) is 0. The highest BCUT2D eigenvalue weighted by molar-refractivity contribution is 5.67. The van der Waals surface area contributed by atoms with E-state index >= 15 is 0 Å². The summed E-state index contributed by atoms with van der Waals surface area (Å²) in [5.74, 6) is -0.272. The van der Waals surface area contributed by atoms with Crippen LogP contribution in [0.25, 0.3) is 0 Å². The first kappa shape index (κ1) is 15.6. The summed E-state index contributed by atoms with van der Waals surface area (Å²) in [5, 5.41) is 15.0. The molecule has 0 radical (unpaired) electrons. The normalized spacial score (nSPS) is 10.1. The Kier molecular flexibility index (Phi) is 13.6. The average molecular weight is 202 g/mol. The van der Waals surface area contributed by atoms with Crippen molar-refractivity contribution in [3.63, 3.8) is 0 Å². The minimum Gasteiger partial charge on any atom is -0.480 e. The van der Waals surface area contributed by atoms with Crippen LogP contribution in [0.2, 0.25) is 0 Å². The molecule has 0 saturated heterocycles. The number of aliphatic carboxylic acids is 1. The number of carboxylic acids is 1. The lowest BCUT2D eigenvalue weighted by atomic mass is 10.00. The Bertz CT molecular complexity index is 149. The van der Waals surface area contributed by atoms with Gasteiger partial charge in [-0.1, -0.05) is 38.8 Å². The Morgan fingerprint density at radius 3 is 2.00 bits per heavy atom. The van der Waals surface area contributed by atoms with Crippen LogP contribution in [-0.4, -0.2) is 22.8 Å². The van der Waals surface area contributed by atoms with Crippen molar-refractivity contribution in [2.75, 3.05) is 6.61 Å². The highest BCUT2D eigenvalue weighted by Gasteiger charge is 1.97. The van der Waals surface area contributed by atoms with E-state index in [2.05, 4.69) is 32.9 Å². The molecule has 0 heterocycles. The topological polar surface area (TPSA) is 57.5 Å². The summed E-state index contributed by atoms with van der Waals surface area (Å²) < 4.78 is 0. The Morgan fingerprint density at radius 2 is 1.79 bits per heavy atom. The molecular weight excluding hydrogens is 180 g/mol. The molecule has 0 aromatic heterocycles. The molecule has 0 aliphatic heterocycles. The first-order chi connectivity index (χ1) is 6.62. The van der Waals surface area contributed by atoms with Gasteiger partial charge in [0.2, 0.25) is 0 Å². The zero-order valence-electron chi connectivity index (χ0n) is 9.36. The Labute approximate surface area is 86.5 Å². The van der Waals surface area contributed by atoms with E-state index in [9.17, 15) is 0 Å². The number of hydrogen-bond donors (Lipinski definition) is 2. The van der Waals surface area contributed by atoms with E-state index in [-0.39, 0.29) is 0 Å². The van der Waals surface area contributed by atoms with Gasteiger partial charge in [0.05, 0.1) is 0 Å². The maximum absolute atomic E-state index is 9.12. The largest absolute Gasteiger partial charge is 0.480 e. The molecule has 0 saturated carbocycles. The monoisotopic (exact) mass is 202 g/mol. The minimum absolute atomic E-state index is 0.778. The van der Waals surface area contributed by atoms with Crippen molar-refractivity contribution >= 4 is 5.97 Å². The van der Waals surface area contributed by atoms with E-state index in [4.69, 9.17) is 15.0 Å². The summed E-state index contributed by atoms with van der Waals surface area (Å²) >= 11 is 0. The summed E-state index contributed by atoms with van der Waals surface area (Å²) in [5.41, 5.74) is 0. The molecule has 0 unspecified atom stereocenters. The number of hydrogen-bond acceptors (Lipinski definition) is 2. The summed E-state index contributed by atoms with van der Waals surface area (Å²) in [6, 6.07) is 0. The molecule has 2 N–H and O–H groups in total. The van der Waals surface area contributed by atoms with Crippen LogP contribution in [0.15, 0.2) is 12.2 Å². The molecule has 0 atom stereocenters. The number of carboxylic acid groups (broad SMARTS) is 1. The third kappa shape index (κ3) is 13.7. The van der Waals surface area contributed by atoms with Gasteiger partial charge >= 0.3 is 5.97 Å². The Morgan fingerprint density at radius 1 is 1.36 bits per heavy atom. The van der Waals surface area contributed by atoms with Crippen molar-refractivity contribution in [1.29, 1.82) is 0 Å². The molecule has 0 bridgehead atoms. The van der Waals surface area contributed by atoms with Crippen LogP contribution in [0.1, 0.15) is 40.0 Å². The molecule has 0 aliphatic carbocycles.